The van der Waals surface area contributed by atoms with Crippen LogP contribution in [0.15, 0.2) is 18.2 Å². The Bertz CT molecular complexity index is 652. The molecule has 3 atom stereocenters. The Balaban J connectivity index is 1.69. The van der Waals surface area contributed by atoms with Crippen molar-refractivity contribution in [3.63, 3.8) is 0 Å². The summed E-state index contributed by atoms with van der Waals surface area (Å²) in [5.41, 5.74) is 0.681. The molecule has 1 aromatic carbocycles. The highest BCUT2D eigenvalue weighted by Crippen LogP contribution is 2.46. The molecule has 1 amide bonds. The summed E-state index contributed by atoms with van der Waals surface area (Å²) >= 11 is 0. The lowest BCUT2D eigenvalue weighted by molar-refractivity contribution is -0.136. The fraction of sp³-hybridized carbons (Fsp3) is 0.632. The maximum absolute atomic E-state index is 13.8. The molecule has 0 radical (unpaired) electrons. The van der Waals surface area contributed by atoms with Crippen LogP contribution in [0, 0.1) is 17.6 Å². The van der Waals surface area contributed by atoms with Gasteiger partial charge < -0.3 is 9.80 Å². The summed E-state index contributed by atoms with van der Waals surface area (Å²) in [5.74, 6) is -0.483. The predicted octanol–water partition coefficient (Wildman–Crippen LogP) is 1.91. The summed E-state index contributed by atoms with van der Waals surface area (Å²) in [4.78, 5) is 19.1. The third-order valence-corrected chi connectivity index (χ3v) is 6.08. The highest BCUT2D eigenvalue weighted by molar-refractivity contribution is 5.79. The first-order valence-corrected chi connectivity index (χ1v) is 9.08. The van der Waals surface area contributed by atoms with Gasteiger partial charge in [0.05, 0.1) is 12.6 Å². The average Bonchev–Trinajstić information content (AvgIpc) is 2.97. The summed E-state index contributed by atoms with van der Waals surface area (Å²) in [5, 5.41) is 0. The number of hydrogen-bond donors (Lipinski definition) is 0. The standard InChI is InChI=1S/C19H25F2N3O/c1-22(2)11-17(25)24-10-16(13-7-14(20)9-15(21)8-13)19-18(24)12-3-5-23(19)6-4-12/h7-9,12,16,18-19H,3-6,10-11H2,1-2H3/t16-,18+,19+/m0/s1. The van der Waals surface area contributed by atoms with E-state index in [1.807, 2.05) is 23.9 Å². The lowest BCUT2D eigenvalue weighted by Gasteiger charge is -2.51. The molecule has 0 spiro atoms. The zero-order valence-electron chi connectivity index (χ0n) is 14.8. The van der Waals surface area contributed by atoms with Gasteiger partial charge in [-0.05, 0) is 63.6 Å². The van der Waals surface area contributed by atoms with E-state index in [1.165, 1.54) is 12.1 Å². The van der Waals surface area contributed by atoms with Gasteiger partial charge in [-0.3, -0.25) is 9.69 Å². The van der Waals surface area contributed by atoms with Gasteiger partial charge in [-0.25, -0.2) is 8.78 Å². The summed E-state index contributed by atoms with van der Waals surface area (Å²) in [7, 11) is 3.78. The Kier molecular flexibility index (Phi) is 4.28. The third-order valence-electron chi connectivity index (χ3n) is 6.08. The fourth-order valence-electron chi connectivity index (χ4n) is 5.15. The molecule has 1 aromatic rings. The van der Waals surface area contributed by atoms with E-state index in [-0.39, 0.29) is 23.9 Å². The second kappa shape index (κ2) is 6.32. The molecule has 6 heteroatoms. The molecule has 4 aliphatic heterocycles. The van der Waals surface area contributed by atoms with E-state index < -0.39 is 11.6 Å². The van der Waals surface area contributed by atoms with Gasteiger partial charge in [-0.2, -0.15) is 0 Å². The molecule has 0 unspecified atom stereocenters. The van der Waals surface area contributed by atoms with Crippen LogP contribution in [0.5, 0.6) is 0 Å². The van der Waals surface area contributed by atoms with E-state index in [2.05, 4.69) is 4.90 Å². The van der Waals surface area contributed by atoms with Gasteiger partial charge >= 0.3 is 0 Å². The monoisotopic (exact) mass is 349 g/mol. The summed E-state index contributed by atoms with van der Waals surface area (Å²) < 4.78 is 27.6. The van der Waals surface area contributed by atoms with Crippen LogP contribution >= 0.6 is 0 Å². The van der Waals surface area contributed by atoms with Crippen LogP contribution in [0.25, 0.3) is 0 Å². The maximum atomic E-state index is 13.8. The Labute approximate surface area is 147 Å². The summed E-state index contributed by atoms with van der Waals surface area (Å²) in [6.07, 6.45) is 2.22. The molecular weight excluding hydrogens is 324 g/mol. The van der Waals surface area contributed by atoms with Crippen molar-refractivity contribution in [1.82, 2.24) is 14.7 Å². The fourth-order valence-corrected chi connectivity index (χ4v) is 5.15. The molecule has 4 aliphatic rings. The van der Waals surface area contributed by atoms with E-state index >= 15 is 0 Å². The van der Waals surface area contributed by atoms with Crippen molar-refractivity contribution in [2.24, 2.45) is 5.92 Å². The average molecular weight is 349 g/mol. The zero-order valence-corrected chi connectivity index (χ0v) is 14.8. The van der Waals surface area contributed by atoms with E-state index in [9.17, 15) is 13.6 Å². The molecule has 4 saturated heterocycles. The predicted molar refractivity (Wildman–Crippen MR) is 91.2 cm³/mol. The molecule has 0 saturated carbocycles. The van der Waals surface area contributed by atoms with Gasteiger partial charge in [-0.1, -0.05) is 0 Å². The first-order chi connectivity index (χ1) is 11.9. The Morgan fingerprint density at radius 1 is 1.12 bits per heavy atom. The molecule has 25 heavy (non-hydrogen) atoms. The van der Waals surface area contributed by atoms with Crippen LogP contribution in [-0.4, -0.2) is 73.0 Å². The molecule has 4 nitrogen and oxygen atoms in total. The lowest BCUT2D eigenvalue weighted by atomic mass is 9.75. The first kappa shape index (κ1) is 16.9. The van der Waals surface area contributed by atoms with E-state index in [1.54, 1.807) is 0 Å². The Morgan fingerprint density at radius 2 is 1.76 bits per heavy atom. The zero-order chi connectivity index (χ0) is 17.7. The van der Waals surface area contributed by atoms with Crippen molar-refractivity contribution in [3.8, 4) is 0 Å². The SMILES string of the molecule is CN(C)CC(=O)N1C[C@@H](c2cc(F)cc(F)c2)[C@@H]2[C@H]1C1CCN2CC1. The smallest absolute Gasteiger partial charge is 0.237 e. The van der Waals surface area contributed by atoms with Crippen molar-refractivity contribution < 1.29 is 13.6 Å². The van der Waals surface area contributed by atoms with Crippen molar-refractivity contribution in [1.29, 1.82) is 0 Å². The third kappa shape index (κ3) is 2.95. The van der Waals surface area contributed by atoms with Crippen molar-refractivity contribution in [2.45, 2.75) is 30.8 Å². The van der Waals surface area contributed by atoms with Gasteiger partial charge in [0.1, 0.15) is 11.6 Å². The number of nitrogens with zero attached hydrogens (tertiary/aromatic N) is 3. The van der Waals surface area contributed by atoms with Crippen molar-refractivity contribution in [2.75, 3.05) is 40.3 Å². The quantitative estimate of drug-likeness (QED) is 0.834. The topological polar surface area (TPSA) is 26.8 Å². The van der Waals surface area contributed by atoms with Crippen LogP contribution in [0.1, 0.15) is 24.3 Å². The van der Waals surface area contributed by atoms with E-state index in [0.717, 1.165) is 32.0 Å². The normalized spacial score (nSPS) is 33.8. The molecule has 2 bridgehead atoms. The summed E-state index contributed by atoms with van der Waals surface area (Å²) in [6, 6.07) is 4.14. The minimum Gasteiger partial charge on any atom is -0.336 e. The number of fused-ring (bicyclic) bond motifs is 2. The summed E-state index contributed by atoms with van der Waals surface area (Å²) in [6.45, 7) is 2.98. The number of amides is 1. The van der Waals surface area contributed by atoms with E-state index in [4.69, 9.17) is 0 Å². The number of halogens is 2. The van der Waals surface area contributed by atoms with Gasteiger partial charge in [0, 0.05) is 24.6 Å². The van der Waals surface area contributed by atoms with Crippen LogP contribution < -0.4 is 0 Å². The van der Waals surface area contributed by atoms with Crippen LogP contribution in [-0.2, 0) is 4.79 Å². The molecule has 136 valence electrons. The second-order valence-electron chi connectivity index (χ2n) is 7.95. The van der Waals surface area contributed by atoms with Crippen LogP contribution in [0.4, 0.5) is 8.78 Å². The van der Waals surface area contributed by atoms with E-state index in [0.29, 0.717) is 24.6 Å². The van der Waals surface area contributed by atoms with Gasteiger partial charge in [-0.15, -0.1) is 0 Å². The molecule has 4 fully saturated rings. The molecular formula is C19H25F2N3O. The minimum absolute atomic E-state index is 0.0237. The number of likely N-dealkylation sites (N-methyl/N-ethyl adjacent to an activating group) is 1. The van der Waals surface area contributed by atoms with Crippen LogP contribution in [0.2, 0.25) is 0 Å². The number of hydrogen-bond acceptors (Lipinski definition) is 3. The molecule has 0 aliphatic carbocycles. The maximum Gasteiger partial charge on any atom is 0.237 e. The number of likely N-dealkylation sites (tertiary alicyclic amines) is 1. The minimum atomic E-state index is -0.541. The number of carbonyl (C=O) groups is 1. The number of rotatable bonds is 3. The van der Waals surface area contributed by atoms with Crippen LogP contribution in [0.3, 0.4) is 0 Å². The lowest BCUT2D eigenvalue weighted by Crippen LogP contribution is -2.61. The largest absolute Gasteiger partial charge is 0.336 e. The van der Waals surface area contributed by atoms with Gasteiger partial charge in [0.2, 0.25) is 5.91 Å². The first-order valence-electron chi connectivity index (χ1n) is 9.08. The number of benzene rings is 1. The second-order valence-corrected chi connectivity index (χ2v) is 7.95. The van der Waals surface area contributed by atoms with Crippen molar-refractivity contribution in [3.05, 3.63) is 35.4 Å². The number of piperidine rings is 3. The molecule has 5 rings (SSSR count). The Hall–Kier alpha value is -1.53. The number of carbonyl (C=O) groups excluding carboxylic acids is 1. The molecule has 0 aromatic heterocycles. The highest BCUT2D eigenvalue weighted by atomic mass is 19.1. The molecule has 4 heterocycles. The highest BCUT2D eigenvalue weighted by Gasteiger charge is 2.54. The Morgan fingerprint density at radius 3 is 2.36 bits per heavy atom. The molecule has 0 N–H and O–H groups in total. The van der Waals surface area contributed by atoms with Crippen molar-refractivity contribution >= 4 is 5.91 Å². The van der Waals surface area contributed by atoms with Gasteiger partial charge in [0.25, 0.3) is 0 Å². The van der Waals surface area contributed by atoms with Gasteiger partial charge in [0.15, 0.2) is 0 Å².